The van der Waals surface area contributed by atoms with E-state index in [1.165, 1.54) is 28.2 Å². The van der Waals surface area contributed by atoms with Gasteiger partial charge in [0.05, 0.1) is 18.4 Å². The summed E-state index contributed by atoms with van der Waals surface area (Å²) in [5.74, 6) is -0.0894. The standard InChI is InChI=1S/C22H18N4O2/c27-20(17-10-9-15-5-4-6-16(15)11-17)13-25-14-23-21-19(22(25)28)12-24-26(21)18-7-2-1-3-8-18/h1-3,7-12,14H,4-6,13H2. The maximum absolute atomic E-state index is 12.8. The molecule has 0 fully saturated rings. The second-order valence-corrected chi connectivity index (χ2v) is 7.07. The molecule has 1 aliphatic rings. The lowest BCUT2D eigenvalue weighted by molar-refractivity contribution is 0.0970. The molecule has 6 heteroatoms. The van der Waals surface area contributed by atoms with Gasteiger partial charge in [-0.25, -0.2) is 9.67 Å². The Kier molecular flexibility index (Phi) is 3.90. The highest BCUT2D eigenvalue weighted by Crippen LogP contribution is 2.23. The number of aryl methyl sites for hydroxylation is 2. The van der Waals surface area contributed by atoms with E-state index in [-0.39, 0.29) is 17.9 Å². The predicted octanol–water partition coefficient (Wildman–Crippen LogP) is 2.95. The van der Waals surface area contributed by atoms with E-state index in [1.807, 2.05) is 48.5 Å². The number of rotatable bonds is 4. The van der Waals surface area contributed by atoms with Crippen LogP contribution in [0.3, 0.4) is 0 Å². The molecule has 4 aromatic rings. The zero-order valence-corrected chi connectivity index (χ0v) is 15.2. The Morgan fingerprint density at radius 1 is 1.04 bits per heavy atom. The average Bonchev–Trinajstić information content (AvgIpc) is 3.37. The van der Waals surface area contributed by atoms with Crippen molar-refractivity contribution in [2.24, 2.45) is 0 Å². The van der Waals surface area contributed by atoms with Gasteiger partial charge >= 0.3 is 0 Å². The Bertz CT molecular complexity index is 1250. The minimum Gasteiger partial charge on any atom is -0.292 e. The molecule has 5 rings (SSSR count). The second-order valence-electron chi connectivity index (χ2n) is 7.07. The summed E-state index contributed by atoms with van der Waals surface area (Å²) in [6.45, 7) is -0.0307. The van der Waals surface area contributed by atoms with Gasteiger partial charge in [0, 0.05) is 5.56 Å². The van der Waals surface area contributed by atoms with Crippen LogP contribution < -0.4 is 5.56 Å². The summed E-state index contributed by atoms with van der Waals surface area (Å²) >= 11 is 0. The Morgan fingerprint density at radius 3 is 2.71 bits per heavy atom. The van der Waals surface area contributed by atoms with Crippen molar-refractivity contribution in [3.05, 3.63) is 88.1 Å². The Hall–Kier alpha value is -3.54. The molecule has 138 valence electrons. The first-order valence-corrected chi connectivity index (χ1v) is 9.34. The highest BCUT2D eigenvalue weighted by Gasteiger charge is 2.16. The average molecular weight is 370 g/mol. The van der Waals surface area contributed by atoms with Crippen LogP contribution in [0.1, 0.15) is 27.9 Å². The molecule has 0 N–H and O–H groups in total. The minimum absolute atomic E-state index is 0.0307. The first-order valence-electron chi connectivity index (χ1n) is 9.34. The maximum Gasteiger partial charge on any atom is 0.264 e. The highest BCUT2D eigenvalue weighted by atomic mass is 16.1. The van der Waals surface area contributed by atoms with Gasteiger partial charge in [-0.05, 0) is 48.6 Å². The molecule has 0 aliphatic heterocycles. The second kappa shape index (κ2) is 6.56. The lowest BCUT2D eigenvalue weighted by atomic mass is 10.0. The number of nitrogens with zero attached hydrogens (tertiary/aromatic N) is 4. The van der Waals surface area contributed by atoms with Crippen LogP contribution in [0.4, 0.5) is 0 Å². The van der Waals surface area contributed by atoms with E-state index in [2.05, 4.69) is 10.1 Å². The molecule has 2 aromatic carbocycles. The van der Waals surface area contributed by atoms with Crippen molar-refractivity contribution >= 4 is 16.8 Å². The van der Waals surface area contributed by atoms with Crippen molar-refractivity contribution in [2.45, 2.75) is 25.8 Å². The molecule has 1 aliphatic carbocycles. The minimum atomic E-state index is -0.262. The Balaban J connectivity index is 1.48. The number of para-hydroxylation sites is 1. The summed E-state index contributed by atoms with van der Waals surface area (Å²) in [5.41, 5.74) is 4.27. The van der Waals surface area contributed by atoms with E-state index in [0.717, 1.165) is 24.9 Å². The van der Waals surface area contributed by atoms with Crippen LogP contribution in [-0.4, -0.2) is 25.1 Å². The fourth-order valence-corrected chi connectivity index (χ4v) is 3.81. The number of carbonyl (C=O) groups excluding carboxylic acids is 1. The first kappa shape index (κ1) is 16.6. The number of benzene rings is 2. The van der Waals surface area contributed by atoms with Crippen molar-refractivity contribution in [1.29, 1.82) is 0 Å². The van der Waals surface area contributed by atoms with Crippen molar-refractivity contribution in [3.63, 3.8) is 0 Å². The van der Waals surface area contributed by atoms with E-state index in [1.54, 1.807) is 4.68 Å². The zero-order chi connectivity index (χ0) is 19.1. The number of Topliss-reactive ketones (excluding diaryl/α,β-unsaturated/α-hetero) is 1. The number of hydrogen-bond acceptors (Lipinski definition) is 4. The molecule has 0 saturated heterocycles. The lowest BCUT2D eigenvalue weighted by Crippen LogP contribution is -2.24. The summed E-state index contributed by atoms with van der Waals surface area (Å²) in [7, 11) is 0. The molecular weight excluding hydrogens is 352 g/mol. The van der Waals surface area contributed by atoms with E-state index >= 15 is 0 Å². The van der Waals surface area contributed by atoms with Crippen molar-refractivity contribution in [3.8, 4) is 5.69 Å². The maximum atomic E-state index is 12.8. The van der Waals surface area contributed by atoms with Gasteiger partial charge in [-0.3, -0.25) is 14.2 Å². The van der Waals surface area contributed by atoms with Crippen LogP contribution in [0.2, 0.25) is 0 Å². The van der Waals surface area contributed by atoms with Gasteiger partial charge in [-0.15, -0.1) is 0 Å². The van der Waals surface area contributed by atoms with Gasteiger partial charge in [-0.2, -0.15) is 5.10 Å². The summed E-state index contributed by atoms with van der Waals surface area (Å²) in [5, 5.41) is 4.70. The van der Waals surface area contributed by atoms with Crippen LogP contribution in [0.15, 0.2) is 65.8 Å². The molecule has 0 atom stereocenters. The van der Waals surface area contributed by atoms with E-state index in [0.29, 0.717) is 16.6 Å². The molecule has 0 spiro atoms. The van der Waals surface area contributed by atoms with Crippen molar-refractivity contribution in [1.82, 2.24) is 19.3 Å². The van der Waals surface area contributed by atoms with Crippen LogP contribution in [0, 0.1) is 0 Å². The lowest BCUT2D eigenvalue weighted by Gasteiger charge is -2.07. The molecule has 28 heavy (non-hydrogen) atoms. The largest absolute Gasteiger partial charge is 0.292 e. The zero-order valence-electron chi connectivity index (χ0n) is 15.2. The van der Waals surface area contributed by atoms with Crippen LogP contribution in [0.25, 0.3) is 16.7 Å². The fourth-order valence-electron chi connectivity index (χ4n) is 3.81. The smallest absolute Gasteiger partial charge is 0.264 e. The van der Waals surface area contributed by atoms with E-state index < -0.39 is 0 Å². The van der Waals surface area contributed by atoms with Crippen LogP contribution >= 0.6 is 0 Å². The van der Waals surface area contributed by atoms with Crippen molar-refractivity contribution in [2.75, 3.05) is 0 Å². The Morgan fingerprint density at radius 2 is 1.86 bits per heavy atom. The molecule has 6 nitrogen and oxygen atoms in total. The highest BCUT2D eigenvalue weighted by molar-refractivity contribution is 5.96. The molecule has 2 heterocycles. The third-order valence-electron chi connectivity index (χ3n) is 5.29. The summed E-state index contributed by atoms with van der Waals surface area (Å²) in [6, 6.07) is 15.4. The number of carbonyl (C=O) groups is 1. The number of hydrogen-bond donors (Lipinski definition) is 0. The number of ketones is 1. The quantitative estimate of drug-likeness (QED) is 0.518. The van der Waals surface area contributed by atoms with Gasteiger partial charge < -0.3 is 0 Å². The van der Waals surface area contributed by atoms with Gasteiger partial charge in [0.15, 0.2) is 11.4 Å². The molecule has 0 radical (unpaired) electrons. The topological polar surface area (TPSA) is 69.8 Å². The molecule has 2 aromatic heterocycles. The monoisotopic (exact) mass is 370 g/mol. The van der Waals surface area contributed by atoms with Crippen LogP contribution in [0.5, 0.6) is 0 Å². The number of fused-ring (bicyclic) bond motifs is 2. The Labute approximate surface area is 161 Å². The van der Waals surface area contributed by atoms with Crippen LogP contribution in [-0.2, 0) is 19.4 Å². The van der Waals surface area contributed by atoms with Crippen molar-refractivity contribution < 1.29 is 4.79 Å². The van der Waals surface area contributed by atoms with E-state index in [9.17, 15) is 9.59 Å². The third-order valence-corrected chi connectivity index (χ3v) is 5.29. The third kappa shape index (κ3) is 2.74. The molecule has 0 saturated carbocycles. The van der Waals surface area contributed by atoms with E-state index in [4.69, 9.17) is 0 Å². The number of aromatic nitrogens is 4. The summed E-state index contributed by atoms with van der Waals surface area (Å²) in [6.07, 6.45) is 6.17. The van der Waals surface area contributed by atoms with Gasteiger partial charge in [0.2, 0.25) is 0 Å². The van der Waals surface area contributed by atoms with Gasteiger partial charge in [0.1, 0.15) is 11.7 Å². The summed E-state index contributed by atoms with van der Waals surface area (Å²) in [4.78, 5) is 30.0. The SMILES string of the molecule is O=C(Cn1cnc2c(cnn2-c2ccccc2)c1=O)c1ccc2c(c1)CCC2. The first-order chi connectivity index (χ1) is 13.7. The van der Waals surface area contributed by atoms with Gasteiger partial charge in [-0.1, -0.05) is 30.3 Å². The molecular formula is C22H18N4O2. The molecule has 0 amide bonds. The predicted molar refractivity (Wildman–Crippen MR) is 106 cm³/mol. The van der Waals surface area contributed by atoms with Gasteiger partial charge in [0.25, 0.3) is 5.56 Å². The molecule has 0 unspecified atom stereocenters. The summed E-state index contributed by atoms with van der Waals surface area (Å²) < 4.78 is 2.98. The normalized spacial score (nSPS) is 13.0. The fraction of sp³-hybridized carbons (Fsp3) is 0.182. The molecule has 0 bridgehead atoms.